The van der Waals surface area contributed by atoms with Crippen molar-refractivity contribution in [3.05, 3.63) is 24.3 Å². The van der Waals surface area contributed by atoms with Gasteiger partial charge >= 0.3 is 6.36 Å². The fourth-order valence-corrected chi connectivity index (χ4v) is 2.16. The summed E-state index contributed by atoms with van der Waals surface area (Å²) in [7, 11) is 0. The summed E-state index contributed by atoms with van der Waals surface area (Å²) in [6.07, 6.45) is -4.68. The minimum absolute atomic E-state index is 0.0262. The van der Waals surface area contributed by atoms with Crippen LogP contribution in [0.15, 0.2) is 29.3 Å². The first-order valence-electron chi connectivity index (χ1n) is 6.95. The predicted octanol–water partition coefficient (Wildman–Crippen LogP) is 1.85. The van der Waals surface area contributed by atoms with Crippen molar-refractivity contribution in [1.82, 2.24) is 0 Å². The first-order chi connectivity index (χ1) is 10.7. The molecule has 0 bridgehead atoms. The Hall–Kier alpha value is -2.00. The largest absolute Gasteiger partial charge is 0.573 e. The number of hydrogen-bond acceptors (Lipinski definition) is 4. The Morgan fingerprint density at radius 2 is 2.30 bits per heavy atom. The molecule has 1 saturated heterocycles. The molecule has 0 spiro atoms. The second-order valence-electron chi connectivity index (χ2n) is 5.27. The molecule has 1 aliphatic rings. The van der Waals surface area contributed by atoms with E-state index in [9.17, 15) is 18.3 Å². The lowest BCUT2D eigenvalue weighted by Crippen LogP contribution is -2.40. The van der Waals surface area contributed by atoms with Gasteiger partial charge in [-0.15, -0.1) is 13.2 Å². The summed E-state index contributed by atoms with van der Waals surface area (Å²) < 4.78 is 45.6. The van der Waals surface area contributed by atoms with Crippen molar-refractivity contribution in [1.29, 1.82) is 0 Å². The van der Waals surface area contributed by atoms with Crippen molar-refractivity contribution in [2.45, 2.75) is 31.4 Å². The molecule has 128 valence electrons. The molecule has 1 aliphatic heterocycles. The first-order valence-corrected chi connectivity index (χ1v) is 6.95. The van der Waals surface area contributed by atoms with E-state index in [1.54, 1.807) is 6.92 Å². The molecule has 1 fully saturated rings. The molecule has 1 heterocycles. The van der Waals surface area contributed by atoms with Crippen LogP contribution in [0.4, 0.5) is 18.9 Å². The van der Waals surface area contributed by atoms with Crippen LogP contribution in [0.5, 0.6) is 5.75 Å². The molecule has 6 nitrogen and oxygen atoms in total. The third kappa shape index (κ3) is 5.00. The van der Waals surface area contributed by atoms with Crippen LogP contribution in [0.25, 0.3) is 0 Å². The summed E-state index contributed by atoms with van der Waals surface area (Å²) in [5, 5.41) is 12.9. The number of halogens is 3. The van der Waals surface area contributed by atoms with Crippen LogP contribution in [-0.4, -0.2) is 42.3 Å². The van der Waals surface area contributed by atoms with E-state index in [1.165, 1.54) is 18.2 Å². The van der Waals surface area contributed by atoms with Crippen molar-refractivity contribution in [3.8, 4) is 5.75 Å². The Bertz CT molecular complexity index is 580. The van der Waals surface area contributed by atoms with E-state index in [0.29, 0.717) is 13.0 Å². The average Bonchev–Trinajstić information content (AvgIpc) is 2.75. The van der Waals surface area contributed by atoms with E-state index in [0.717, 1.165) is 6.07 Å². The lowest BCUT2D eigenvalue weighted by atomic mass is 9.97. The lowest BCUT2D eigenvalue weighted by molar-refractivity contribution is -0.274. The Kier molecular flexibility index (Phi) is 5.00. The molecule has 1 aromatic rings. The molecule has 0 saturated carbocycles. The average molecular weight is 333 g/mol. The second-order valence-corrected chi connectivity index (χ2v) is 5.27. The van der Waals surface area contributed by atoms with Crippen molar-refractivity contribution in [2.24, 2.45) is 10.7 Å². The summed E-state index contributed by atoms with van der Waals surface area (Å²) in [5.41, 5.74) is 4.89. The third-order valence-corrected chi connectivity index (χ3v) is 3.52. The number of nitrogens with one attached hydrogen (secondary N) is 1. The van der Waals surface area contributed by atoms with E-state index in [1.807, 2.05) is 0 Å². The number of ether oxygens (including phenoxy) is 2. The van der Waals surface area contributed by atoms with Crippen molar-refractivity contribution in [2.75, 3.05) is 18.5 Å². The monoisotopic (exact) mass is 333 g/mol. The van der Waals surface area contributed by atoms with E-state index in [-0.39, 0.29) is 30.0 Å². The molecule has 0 aromatic heterocycles. The van der Waals surface area contributed by atoms with Crippen LogP contribution >= 0.6 is 0 Å². The Balaban J connectivity index is 1.98. The Labute approximate surface area is 131 Å². The third-order valence-electron chi connectivity index (χ3n) is 3.52. The first kappa shape index (κ1) is 17.4. The minimum Gasteiger partial charge on any atom is -0.406 e. The Morgan fingerprint density at radius 3 is 2.91 bits per heavy atom. The smallest absolute Gasteiger partial charge is 0.406 e. The van der Waals surface area contributed by atoms with E-state index < -0.39 is 12.0 Å². The van der Waals surface area contributed by atoms with Crippen LogP contribution in [0.2, 0.25) is 0 Å². The number of rotatable bonds is 4. The second kappa shape index (κ2) is 6.63. The van der Waals surface area contributed by atoms with Gasteiger partial charge in [0.1, 0.15) is 11.4 Å². The zero-order chi connectivity index (χ0) is 17.1. The van der Waals surface area contributed by atoms with Crippen LogP contribution in [-0.2, 0) is 4.74 Å². The normalized spacial score (nSPS) is 25.4. The summed E-state index contributed by atoms with van der Waals surface area (Å²) in [5.74, 6) is -0.395. The number of aliphatic hydroxyl groups is 1. The highest BCUT2D eigenvalue weighted by atomic mass is 19.4. The predicted molar refractivity (Wildman–Crippen MR) is 78.2 cm³/mol. The number of alkyl halides is 3. The molecular formula is C14H18F3N3O3. The molecule has 0 radical (unpaired) electrons. The number of nitrogens with two attached hydrogens (primary N) is 1. The zero-order valence-corrected chi connectivity index (χ0v) is 12.4. The van der Waals surface area contributed by atoms with Gasteiger partial charge in [-0.2, -0.15) is 0 Å². The molecule has 1 aromatic carbocycles. The van der Waals surface area contributed by atoms with Gasteiger partial charge in [0.25, 0.3) is 0 Å². The molecule has 0 amide bonds. The molecule has 2 unspecified atom stereocenters. The summed E-state index contributed by atoms with van der Waals surface area (Å²) >= 11 is 0. The van der Waals surface area contributed by atoms with Gasteiger partial charge in [0, 0.05) is 24.8 Å². The molecule has 9 heteroatoms. The number of anilines is 1. The fourth-order valence-electron chi connectivity index (χ4n) is 2.16. The lowest BCUT2D eigenvalue weighted by Gasteiger charge is -2.23. The van der Waals surface area contributed by atoms with Crippen LogP contribution in [0.3, 0.4) is 0 Å². The maximum atomic E-state index is 12.2. The standard InChI is InChI=1S/C14H18F3N3O3/c1-9-13(21,5-6-22-9)8-19-12(18)20-10-3-2-4-11(7-10)23-14(15,16)17/h2-4,7,9,21H,5-6,8H2,1H3,(H3,18,19,20). The highest BCUT2D eigenvalue weighted by Gasteiger charge is 2.39. The van der Waals surface area contributed by atoms with Gasteiger partial charge < -0.3 is 25.6 Å². The Morgan fingerprint density at radius 1 is 1.57 bits per heavy atom. The van der Waals surface area contributed by atoms with Crippen molar-refractivity contribution in [3.63, 3.8) is 0 Å². The molecule has 0 aliphatic carbocycles. The summed E-state index contributed by atoms with van der Waals surface area (Å²) in [4.78, 5) is 4.02. The summed E-state index contributed by atoms with van der Waals surface area (Å²) in [6.45, 7) is 2.22. The van der Waals surface area contributed by atoms with Crippen molar-refractivity contribution >= 4 is 11.6 Å². The zero-order valence-electron chi connectivity index (χ0n) is 12.4. The number of guanidine groups is 1. The molecule has 23 heavy (non-hydrogen) atoms. The fraction of sp³-hybridized carbons (Fsp3) is 0.500. The summed E-state index contributed by atoms with van der Waals surface area (Å²) in [6, 6.07) is 5.22. The van der Waals surface area contributed by atoms with Crippen molar-refractivity contribution < 1.29 is 27.8 Å². The van der Waals surface area contributed by atoms with Gasteiger partial charge in [-0.05, 0) is 19.1 Å². The molecule has 2 rings (SSSR count). The number of benzene rings is 1. The van der Waals surface area contributed by atoms with Gasteiger partial charge in [-0.25, -0.2) is 0 Å². The SMILES string of the molecule is CC1OCCC1(O)CN=C(N)Nc1cccc(OC(F)(F)F)c1. The van der Waals surface area contributed by atoms with Gasteiger partial charge in [0.2, 0.25) is 0 Å². The molecule has 4 N–H and O–H groups in total. The quantitative estimate of drug-likeness (QED) is 0.578. The number of aliphatic imine (C=N–C) groups is 1. The van der Waals surface area contributed by atoms with E-state index in [4.69, 9.17) is 10.5 Å². The topological polar surface area (TPSA) is 89.1 Å². The number of nitrogens with zero attached hydrogens (tertiary/aromatic N) is 1. The van der Waals surface area contributed by atoms with Gasteiger partial charge in [-0.1, -0.05) is 6.07 Å². The molecular weight excluding hydrogens is 315 g/mol. The number of hydrogen-bond donors (Lipinski definition) is 3. The van der Waals surface area contributed by atoms with E-state index in [2.05, 4.69) is 15.0 Å². The highest BCUT2D eigenvalue weighted by Crippen LogP contribution is 2.26. The highest BCUT2D eigenvalue weighted by molar-refractivity contribution is 5.92. The molecule has 2 atom stereocenters. The van der Waals surface area contributed by atoms with E-state index >= 15 is 0 Å². The minimum atomic E-state index is -4.76. The van der Waals surface area contributed by atoms with Crippen LogP contribution in [0, 0.1) is 0 Å². The maximum absolute atomic E-state index is 12.2. The van der Waals surface area contributed by atoms with Gasteiger partial charge in [-0.3, -0.25) is 4.99 Å². The van der Waals surface area contributed by atoms with Gasteiger partial charge in [0.15, 0.2) is 5.96 Å². The van der Waals surface area contributed by atoms with Crippen LogP contribution < -0.4 is 15.8 Å². The van der Waals surface area contributed by atoms with Crippen LogP contribution in [0.1, 0.15) is 13.3 Å². The maximum Gasteiger partial charge on any atom is 0.573 e. The van der Waals surface area contributed by atoms with Gasteiger partial charge in [0.05, 0.1) is 12.6 Å².